The van der Waals surface area contributed by atoms with Crippen LogP contribution in [-0.4, -0.2) is 38.3 Å². The summed E-state index contributed by atoms with van der Waals surface area (Å²) in [5, 5.41) is 6.84. The minimum absolute atomic E-state index is 0. The van der Waals surface area contributed by atoms with Crippen molar-refractivity contribution in [2.45, 2.75) is 45.6 Å². The first-order valence-electron chi connectivity index (χ1n) is 10.1. The number of ether oxygens (including phenoxy) is 1. The summed E-state index contributed by atoms with van der Waals surface area (Å²) in [6.07, 6.45) is 7.91. The van der Waals surface area contributed by atoms with E-state index >= 15 is 0 Å². The zero-order valence-electron chi connectivity index (χ0n) is 17.7. The van der Waals surface area contributed by atoms with Gasteiger partial charge in [-0.1, -0.05) is 30.5 Å². The van der Waals surface area contributed by atoms with Crippen LogP contribution < -0.4 is 10.6 Å². The minimum atomic E-state index is 0. The van der Waals surface area contributed by atoms with Gasteiger partial charge in [0.05, 0.1) is 12.2 Å². The van der Waals surface area contributed by atoms with Crippen LogP contribution in [0, 0.1) is 12.3 Å². The Kier molecular flexibility index (Phi) is 9.42. The van der Waals surface area contributed by atoms with Gasteiger partial charge in [-0.25, -0.2) is 4.98 Å². The lowest BCUT2D eigenvalue weighted by Crippen LogP contribution is -2.43. The van der Waals surface area contributed by atoms with Crippen LogP contribution in [0.5, 0.6) is 0 Å². The first kappa shape index (κ1) is 23.7. The molecular weight excluding hydrogens is 479 g/mol. The fraction of sp³-hybridized carbons (Fsp3) is 0.545. The Bertz CT molecular complexity index is 767. The van der Waals surface area contributed by atoms with Gasteiger partial charge in [-0.2, -0.15) is 0 Å². The van der Waals surface area contributed by atoms with Crippen LogP contribution in [0.1, 0.15) is 43.4 Å². The van der Waals surface area contributed by atoms with E-state index in [-0.39, 0.29) is 24.0 Å². The van der Waals surface area contributed by atoms with Gasteiger partial charge in [-0.15, -0.1) is 24.0 Å². The van der Waals surface area contributed by atoms with Crippen molar-refractivity contribution in [3.05, 3.63) is 41.8 Å². The van der Waals surface area contributed by atoms with Gasteiger partial charge in [0.15, 0.2) is 5.96 Å². The summed E-state index contributed by atoms with van der Waals surface area (Å²) in [7, 11) is 3.58. The lowest BCUT2D eigenvalue weighted by Gasteiger charge is -2.29. The highest BCUT2D eigenvalue weighted by Crippen LogP contribution is 2.40. The Morgan fingerprint density at radius 3 is 2.59 bits per heavy atom. The van der Waals surface area contributed by atoms with Gasteiger partial charge in [-0.3, -0.25) is 4.99 Å². The molecule has 1 saturated carbocycles. The molecule has 7 heteroatoms. The number of hydrogen-bond acceptors (Lipinski definition) is 4. The lowest BCUT2D eigenvalue weighted by atomic mass is 9.83. The van der Waals surface area contributed by atoms with Crippen LogP contribution in [-0.2, 0) is 11.3 Å². The van der Waals surface area contributed by atoms with E-state index < -0.39 is 0 Å². The Hall–Kier alpha value is -1.61. The molecule has 1 aromatic carbocycles. The van der Waals surface area contributed by atoms with Gasteiger partial charge in [0, 0.05) is 32.9 Å². The molecule has 0 spiro atoms. The number of nitrogens with one attached hydrogen (secondary N) is 2. The SMILES string of the molecule is CN=C(NCc1coc(-c2ccc(C)cc2)n1)NCC1(CCOC)CCCC1.I. The molecule has 0 amide bonds. The van der Waals surface area contributed by atoms with Crippen LogP contribution in [0.2, 0.25) is 0 Å². The average molecular weight is 512 g/mol. The molecule has 1 aliphatic rings. The van der Waals surface area contributed by atoms with Crippen molar-refractivity contribution >= 4 is 29.9 Å². The number of hydrogen-bond donors (Lipinski definition) is 2. The summed E-state index contributed by atoms with van der Waals surface area (Å²) in [5.41, 5.74) is 3.38. The highest BCUT2D eigenvalue weighted by molar-refractivity contribution is 14.0. The fourth-order valence-electron chi connectivity index (χ4n) is 3.84. The monoisotopic (exact) mass is 512 g/mol. The predicted molar refractivity (Wildman–Crippen MR) is 128 cm³/mol. The second kappa shape index (κ2) is 11.5. The summed E-state index contributed by atoms with van der Waals surface area (Å²) < 4.78 is 11.0. The largest absolute Gasteiger partial charge is 0.444 e. The van der Waals surface area contributed by atoms with Gasteiger partial charge in [0.1, 0.15) is 6.26 Å². The first-order valence-corrected chi connectivity index (χ1v) is 10.1. The molecule has 3 rings (SSSR count). The standard InChI is InChI=1S/C22H32N4O2.HI/c1-17-6-8-18(9-7-17)20-26-19(15-28-20)14-24-21(23-2)25-16-22(12-13-27-3)10-4-5-11-22;/h6-9,15H,4-5,10-14,16H2,1-3H3,(H2,23,24,25);1H. The third-order valence-electron chi connectivity index (χ3n) is 5.64. The van der Waals surface area contributed by atoms with E-state index in [1.165, 1.54) is 31.2 Å². The Morgan fingerprint density at radius 1 is 1.21 bits per heavy atom. The zero-order valence-corrected chi connectivity index (χ0v) is 20.0. The van der Waals surface area contributed by atoms with Crippen molar-refractivity contribution in [1.82, 2.24) is 15.6 Å². The third kappa shape index (κ3) is 6.70. The molecule has 1 aromatic heterocycles. The molecule has 0 atom stereocenters. The molecule has 0 radical (unpaired) electrons. The number of guanidine groups is 1. The van der Waals surface area contributed by atoms with Gasteiger partial charge in [0.2, 0.25) is 5.89 Å². The quantitative estimate of drug-likeness (QED) is 0.309. The van der Waals surface area contributed by atoms with Crippen LogP contribution >= 0.6 is 24.0 Å². The summed E-state index contributed by atoms with van der Waals surface area (Å²) in [6, 6.07) is 8.18. The van der Waals surface area contributed by atoms with Crippen molar-refractivity contribution < 1.29 is 9.15 Å². The first-order chi connectivity index (χ1) is 13.6. The van der Waals surface area contributed by atoms with Crippen molar-refractivity contribution in [2.24, 2.45) is 10.4 Å². The Morgan fingerprint density at radius 2 is 1.93 bits per heavy atom. The molecule has 0 saturated heterocycles. The number of rotatable bonds is 8. The van der Waals surface area contributed by atoms with Crippen molar-refractivity contribution in [3.63, 3.8) is 0 Å². The van der Waals surface area contributed by atoms with E-state index in [1.54, 1.807) is 20.4 Å². The number of halogens is 1. The molecule has 2 N–H and O–H groups in total. The number of nitrogens with zero attached hydrogens (tertiary/aromatic N) is 2. The molecule has 6 nitrogen and oxygen atoms in total. The summed E-state index contributed by atoms with van der Waals surface area (Å²) in [4.78, 5) is 8.93. The van der Waals surface area contributed by atoms with E-state index in [1.807, 2.05) is 12.1 Å². The predicted octanol–water partition coefficient (Wildman–Crippen LogP) is 4.53. The van der Waals surface area contributed by atoms with Crippen molar-refractivity contribution in [1.29, 1.82) is 0 Å². The van der Waals surface area contributed by atoms with Gasteiger partial charge in [0.25, 0.3) is 0 Å². The second-order valence-corrected chi connectivity index (χ2v) is 7.74. The number of methoxy groups -OCH3 is 1. The average Bonchev–Trinajstić information content (AvgIpc) is 3.37. The third-order valence-corrected chi connectivity index (χ3v) is 5.64. The van der Waals surface area contributed by atoms with Crippen LogP contribution in [0.4, 0.5) is 0 Å². The fourth-order valence-corrected chi connectivity index (χ4v) is 3.84. The topological polar surface area (TPSA) is 71.7 Å². The Labute approximate surface area is 190 Å². The van der Waals surface area contributed by atoms with Crippen LogP contribution in [0.15, 0.2) is 39.9 Å². The van der Waals surface area contributed by atoms with E-state index in [9.17, 15) is 0 Å². The number of aryl methyl sites for hydroxylation is 1. The molecule has 29 heavy (non-hydrogen) atoms. The molecule has 2 aromatic rings. The molecule has 1 aliphatic carbocycles. The molecular formula is C22H33IN4O2. The normalized spacial score (nSPS) is 15.8. The molecule has 0 unspecified atom stereocenters. The molecule has 1 fully saturated rings. The van der Waals surface area contributed by atoms with E-state index in [2.05, 4.69) is 39.7 Å². The molecule has 1 heterocycles. The summed E-state index contributed by atoms with van der Waals surface area (Å²) in [5.74, 6) is 1.44. The van der Waals surface area contributed by atoms with Gasteiger partial charge < -0.3 is 19.8 Å². The molecule has 0 aliphatic heterocycles. The Balaban J connectivity index is 0.00000300. The van der Waals surface area contributed by atoms with E-state index in [4.69, 9.17) is 9.15 Å². The summed E-state index contributed by atoms with van der Waals surface area (Å²) in [6.45, 7) is 4.37. The maximum absolute atomic E-state index is 5.63. The van der Waals surface area contributed by atoms with E-state index in [0.717, 1.165) is 36.8 Å². The van der Waals surface area contributed by atoms with Gasteiger partial charge in [-0.05, 0) is 43.7 Å². The number of oxazole rings is 1. The molecule has 160 valence electrons. The van der Waals surface area contributed by atoms with Crippen molar-refractivity contribution in [2.75, 3.05) is 27.3 Å². The number of benzene rings is 1. The minimum Gasteiger partial charge on any atom is -0.444 e. The summed E-state index contributed by atoms with van der Waals surface area (Å²) >= 11 is 0. The van der Waals surface area contributed by atoms with Gasteiger partial charge >= 0.3 is 0 Å². The highest BCUT2D eigenvalue weighted by Gasteiger charge is 2.33. The highest BCUT2D eigenvalue weighted by atomic mass is 127. The van der Waals surface area contributed by atoms with Crippen LogP contribution in [0.25, 0.3) is 11.5 Å². The zero-order chi connectivity index (χ0) is 19.8. The maximum Gasteiger partial charge on any atom is 0.226 e. The maximum atomic E-state index is 5.63. The van der Waals surface area contributed by atoms with E-state index in [0.29, 0.717) is 17.9 Å². The number of aliphatic imine (C=N–C) groups is 1. The number of aromatic nitrogens is 1. The second-order valence-electron chi connectivity index (χ2n) is 7.74. The van der Waals surface area contributed by atoms with Crippen molar-refractivity contribution in [3.8, 4) is 11.5 Å². The smallest absolute Gasteiger partial charge is 0.226 e. The lowest BCUT2D eigenvalue weighted by molar-refractivity contribution is 0.138. The van der Waals surface area contributed by atoms with Crippen LogP contribution in [0.3, 0.4) is 0 Å². The molecule has 0 bridgehead atoms.